The predicted molar refractivity (Wildman–Crippen MR) is 143 cm³/mol. The molecule has 3 heterocycles. The average Bonchev–Trinajstić information content (AvgIpc) is 3.27. The minimum Gasteiger partial charge on any atom is -0.371 e. The Kier molecular flexibility index (Phi) is 5.60. The van der Waals surface area contributed by atoms with E-state index in [0.717, 1.165) is 70.0 Å². The lowest BCUT2D eigenvalue weighted by atomic mass is 9.74. The average molecular weight is 477 g/mol. The number of carbonyl (C=O) groups is 1. The van der Waals surface area contributed by atoms with Gasteiger partial charge in [-0.1, -0.05) is 48.5 Å². The third-order valence-electron chi connectivity index (χ3n) is 7.09. The first kappa shape index (κ1) is 22.2. The third-order valence-corrected chi connectivity index (χ3v) is 7.09. The first-order valence-electron chi connectivity index (χ1n) is 12.4. The largest absolute Gasteiger partial charge is 0.371 e. The van der Waals surface area contributed by atoms with Crippen LogP contribution in [0, 0.1) is 5.92 Å². The number of amides is 1. The highest BCUT2D eigenvalue weighted by Crippen LogP contribution is 2.43. The van der Waals surface area contributed by atoms with Gasteiger partial charge in [0.2, 0.25) is 5.91 Å². The van der Waals surface area contributed by atoms with Crippen LogP contribution < -0.4 is 10.6 Å². The molecule has 0 bridgehead atoms. The highest BCUT2D eigenvalue weighted by Gasteiger charge is 2.34. The normalized spacial score (nSPS) is 17.2. The summed E-state index contributed by atoms with van der Waals surface area (Å²) in [4.78, 5) is 26.0. The maximum absolute atomic E-state index is 11.3. The summed E-state index contributed by atoms with van der Waals surface area (Å²) in [6.07, 6.45) is 5.83. The number of benzene rings is 2. The fraction of sp³-hybridized carbons (Fsp3) is 0.241. The van der Waals surface area contributed by atoms with Crippen LogP contribution in [0.4, 0.5) is 5.82 Å². The van der Waals surface area contributed by atoms with Crippen LogP contribution in [0.5, 0.6) is 0 Å². The zero-order chi connectivity index (χ0) is 24.6. The second-order valence-electron chi connectivity index (χ2n) is 9.50. The SMILES string of the molecule is CNc1nccn2c1c(-c1ccc3ccc(-c4ccccc4)nc3c1)nc2[C@H]1C[C@@H](CNC(C)=O)C1. The highest BCUT2D eigenvalue weighted by molar-refractivity contribution is 5.91. The van der Waals surface area contributed by atoms with E-state index in [2.05, 4.69) is 62.5 Å². The molecule has 5 aromatic rings. The van der Waals surface area contributed by atoms with Crippen molar-refractivity contribution in [2.24, 2.45) is 5.92 Å². The zero-order valence-electron chi connectivity index (χ0n) is 20.4. The number of aromatic nitrogens is 4. The standard InChI is InChI=1S/C29H28N6O/c1-18(36)32-17-19-14-23(15-19)29-34-26(27-28(30-2)31-12-13-35(27)29)22-9-8-21-10-11-24(33-25(21)16-22)20-6-4-3-5-7-20/h3-13,16,19,23H,14-15,17H2,1-2H3,(H,30,31)(H,32,36)/t19-,23+. The van der Waals surface area contributed by atoms with Crippen LogP contribution in [0.15, 0.2) is 73.1 Å². The number of carbonyl (C=O) groups excluding carboxylic acids is 1. The minimum atomic E-state index is 0.0251. The summed E-state index contributed by atoms with van der Waals surface area (Å²) in [5, 5.41) is 7.28. The molecule has 180 valence electrons. The Morgan fingerprint density at radius 2 is 1.83 bits per heavy atom. The Labute approximate surface area is 209 Å². The van der Waals surface area contributed by atoms with Crippen molar-refractivity contribution in [3.8, 4) is 22.5 Å². The number of rotatable bonds is 6. The van der Waals surface area contributed by atoms with Crippen LogP contribution in [0.25, 0.3) is 38.9 Å². The lowest BCUT2D eigenvalue weighted by Gasteiger charge is -2.34. The molecule has 0 unspecified atom stereocenters. The smallest absolute Gasteiger partial charge is 0.216 e. The summed E-state index contributed by atoms with van der Waals surface area (Å²) >= 11 is 0. The molecule has 6 rings (SSSR count). The minimum absolute atomic E-state index is 0.0251. The van der Waals surface area contributed by atoms with E-state index in [0.29, 0.717) is 11.8 Å². The Morgan fingerprint density at radius 3 is 2.61 bits per heavy atom. The maximum Gasteiger partial charge on any atom is 0.216 e. The molecule has 36 heavy (non-hydrogen) atoms. The molecule has 0 aliphatic heterocycles. The molecule has 1 aliphatic rings. The molecule has 2 N–H and O–H groups in total. The van der Waals surface area contributed by atoms with E-state index in [1.807, 2.05) is 37.6 Å². The van der Waals surface area contributed by atoms with E-state index >= 15 is 0 Å². The molecule has 1 saturated carbocycles. The molecular weight excluding hydrogens is 448 g/mol. The van der Waals surface area contributed by atoms with Crippen molar-refractivity contribution in [3.05, 3.63) is 78.9 Å². The maximum atomic E-state index is 11.3. The topological polar surface area (TPSA) is 84.2 Å². The van der Waals surface area contributed by atoms with Gasteiger partial charge in [-0.2, -0.15) is 0 Å². The molecule has 3 aromatic heterocycles. The fourth-order valence-electron chi connectivity index (χ4n) is 5.17. The Hall–Kier alpha value is -4.26. The lowest BCUT2D eigenvalue weighted by Crippen LogP contribution is -2.34. The van der Waals surface area contributed by atoms with E-state index < -0.39 is 0 Å². The second-order valence-corrected chi connectivity index (χ2v) is 9.50. The number of hydrogen-bond acceptors (Lipinski definition) is 5. The van der Waals surface area contributed by atoms with Gasteiger partial charge in [0.15, 0.2) is 5.82 Å². The molecule has 0 saturated heterocycles. The molecule has 7 nitrogen and oxygen atoms in total. The quantitative estimate of drug-likeness (QED) is 0.348. The van der Waals surface area contributed by atoms with Crippen molar-refractivity contribution in [2.45, 2.75) is 25.7 Å². The van der Waals surface area contributed by atoms with Gasteiger partial charge in [0.1, 0.15) is 17.0 Å². The summed E-state index contributed by atoms with van der Waals surface area (Å²) < 4.78 is 2.17. The van der Waals surface area contributed by atoms with Crippen LogP contribution in [0.3, 0.4) is 0 Å². The summed E-state index contributed by atoms with van der Waals surface area (Å²) in [7, 11) is 1.89. The Bertz CT molecular complexity index is 1570. The number of imidazole rings is 1. The van der Waals surface area contributed by atoms with Crippen molar-refractivity contribution in [1.82, 2.24) is 24.7 Å². The van der Waals surface area contributed by atoms with E-state index in [-0.39, 0.29) is 5.91 Å². The van der Waals surface area contributed by atoms with Crippen LogP contribution >= 0.6 is 0 Å². The number of fused-ring (bicyclic) bond motifs is 2. The summed E-state index contributed by atoms with van der Waals surface area (Å²) in [5.41, 5.74) is 5.88. The number of anilines is 1. The van der Waals surface area contributed by atoms with E-state index in [1.54, 1.807) is 6.92 Å². The van der Waals surface area contributed by atoms with Crippen LogP contribution in [0.1, 0.15) is 31.5 Å². The first-order chi connectivity index (χ1) is 17.6. The fourth-order valence-corrected chi connectivity index (χ4v) is 5.17. The van der Waals surface area contributed by atoms with Gasteiger partial charge in [0, 0.05) is 55.3 Å². The number of pyridine rings is 1. The predicted octanol–water partition coefficient (Wildman–Crippen LogP) is 5.28. The van der Waals surface area contributed by atoms with Gasteiger partial charge in [0.25, 0.3) is 0 Å². The number of hydrogen-bond donors (Lipinski definition) is 2. The molecule has 0 radical (unpaired) electrons. The highest BCUT2D eigenvalue weighted by atomic mass is 16.1. The molecule has 1 fully saturated rings. The van der Waals surface area contributed by atoms with Gasteiger partial charge in [0.05, 0.1) is 11.2 Å². The van der Waals surface area contributed by atoms with Crippen molar-refractivity contribution >= 4 is 28.1 Å². The molecule has 1 amide bonds. The van der Waals surface area contributed by atoms with E-state index in [1.165, 1.54) is 0 Å². The molecule has 2 aromatic carbocycles. The van der Waals surface area contributed by atoms with Gasteiger partial charge < -0.3 is 10.6 Å². The lowest BCUT2D eigenvalue weighted by molar-refractivity contribution is -0.119. The van der Waals surface area contributed by atoms with Crippen LogP contribution in [0.2, 0.25) is 0 Å². The number of nitrogens with one attached hydrogen (secondary N) is 2. The van der Waals surface area contributed by atoms with Gasteiger partial charge in [-0.25, -0.2) is 15.0 Å². The molecule has 0 atom stereocenters. The van der Waals surface area contributed by atoms with Crippen LogP contribution in [-0.4, -0.2) is 38.9 Å². The van der Waals surface area contributed by atoms with Crippen molar-refractivity contribution in [3.63, 3.8) is 0 Å². The van der Waals surface area contributed by atoms with Gasteiger partial charge in [-0.3, -0.25) is 9.20 Å². The summed E-state index contributed by atoms with van der Waals surface area (Å²) in [6.45, 7) is 2.30. The second kappa shape index (κ2) is 9.07. The van der Waals surface area contributed by atoms with Crippen molar-refractivity contribution in [2.75, 3.05) is 18.9 Å². The first-order valence-corrected chi connectivity index (χ1v) is 12.4. The van der Waals surface area contributed by atoms with Crippen LogP contribution in [-0.2, 0) is 4.79 Å². The molecule has 1 aliphatic carbocycles. The van der Waals surface area contributed by atoms with Gasteiger partial charge in [-0.15, -0.1) is 0 Å². The summed E-state index contributed by atoms with van der Waals surface area (Å²) in [5.74, 6) is 2.70. The molecule has 7 heteroatoms. The molecular formula is C29H28N6O. The van der Waals surface area contributed by atoms with Gasteiger partial charge in [-0.05, 0) is 30.9 Å². The number of nitrogens with zero attached hydrogens (tertiary/aromatic N) is 4. The Balaban J connectivity index is 1.41. The molecule has 0 spiro atoms. The van der Waals surface area contributed by atoms with Crippen molar-refractivity contribution < 1.29 is 4.79 Å². The van der Waals surface area contributed by atoms with E-state index in [4.69, 9.17) is 9.97 Å². The van der Waals surface area contributed by atoms with Crippen molar-refractivity contribution in [1.29, 1.82) is 0 Å². The monoisotopic (exact) mass is 476 g/mol. The Morgan fingerprint density at radius 1 is 1.03 bits per heavy atom. The summed E-state index contributed by atoms with van der Waals surface area (Å²) in [6, 6.07) is 20.8. The zero-order valence-corrected chi connectivity index (χ0v) is 20.4. The van der Waals surface area contributed by atoms with Gasteiger partial charge >= 0.3 is 0 Å². The third kappa shape index (κ3) is 3.96. The van der Waals surface area contributed by atoms with E-state index in [9.17, 15) is 4.79 Å².